The fraction of sp³-hybridized carbons (Fsp3) is 0.600. The van der Waals surface area contributed by atoms with Gasteiger partial charge in [0.2, 0.25) is 0 Å². The molecule has 14 heavy (non-hydrogen) atoms. The standard InChI is InChI=1S/C10H16O4/c1-4-10(5-2,6-3)7(8(11)12)9(13)14/h4,7H,1,5-6H2,2-3H3,(H,11,12)(H,13,14)/p-2. The van der Waals surface area contributed by atoms with E-state index < -0.39 is 23.3 Å². The van der Waals surface area contributed by atoms with Crippen LogP contribution in [0.4, 0.5) is 0 Å². The molecule has 80 valence electrons. The molecule has 0 atom stereocenters. The van der Waals surface area contributed by atoms with E-state index in [1.807, 2.05) is 0 Å². The third-order valence-corrected chi connectivity index (χ3v) is 2.77. The van der Waals surface area contributed by atoms with Crippen molar-refractivity contribution >= 4 is 11.9 Å². The zero-order valence-electron chi connectivity index (χ0n) is 8.41. The molecule has 0 fully saturated rings. The molecule has 0 bridgehead atoms. The van der Waals surface area contributed by atoms with E-state index in [-0.39, 0.29) is 0 Å². The Bertz CT molecular complexity index is 227. The largest absolute Gasteiger partial charge is 0.549 e. The van der Waals surface area contributed by atoms with Crippen LogP contribution in [0.5, 0.6) is 0 Å². The van der Waals surface area contributed by atoms with Gasteiger partial charge in [0.15, 0.2) is 0 Å². The van der Waals surface area contributed by atoms with Crippen LogP contribution in [-0.4, -0.2) is 11.9 Å². The molecule has 0 aromatic rings. The summed E-state index contributed by atoms with van der Waals surface area (Å²) in [4.78, 5) is 21.4. The second-order valence-corrected chi connectivity index (χ2v) is 3.22. The van der Waals surface area contributed by atoms with Crippen molar-refractivity contribution in [2.75, 3.05) is 0 Å². The molecule has 0 spiro atoms. The monoisotopic (exact) mass is 198 g/mol. The molecule has 0 saturated carbocycles. The molecule has 0 saturated heterocycles. The van der Waals surface area contributed by atoms with Gasteiger partial charge in [-0.05, 0) is 12.8 Å². The number of allylic oxidation sites excluding steroid dienone is 1. The van der Waals surface area contributed by atoms with Gasteiger partial charge in [0.1, 0.15) is 0 Å². The third-order valence-electron chi connectivity index (χ3n) is 2.77. The fourth-order valence-electron chi connectivity index (χ4n) is 1.63. The summed E-state index contributed by atoms with van der Waals surface area (Å²) in [7, 11) is 0. The summed E-state index contributed by atoms with van der Waals surface area (Å²) in [6, 6.07) is 0. The Balaban J connectivity index is 5.21. The molecule has 0 aliphatic heterocycles. The Kier molecular flexibility index (Phi) is 4.34. The van der Waals surface area contributed by atoms with Crippen molar-refractivity contribution in [3.8, 4) is 0 Å². The van der Waals surface area contributed by atoms with Crippen LogP contribution in [-0.2, 0) is 9.59 Å². The maximum absolute atomic E-state index is 10.7. The topological polar surface area (TPSA) is 80.3 Å². The summed E-state index contributed by atoms with van der Waals surface area (Å²) in [5.74, 6) is -4.86. The van der Waals surface area contributed by atoms with Crippen molar-refractivity contribution in [3.05, 3.63) is 12.7 Å². The maximum atomic E-state index is 10.7. The summed E-state index contributed by atoms with van der Waals surface area (Å²) in [5.41, 5.74) is -0.975. The van der Waals surface area contributed by atoms with Gasteiger partial charge in [-0.1, -0.05) is 19.9 Å². The highest BCUT2D eigenvalue weighted by Crippen LogP contribution is 2.36. The lowest BCUT2D eigenvalue weighted by atomic mass is 9.71. The number of carboxylic acid groups (broad SMARTS) is 2. The number of rotatable bonds is 6. The zero-order valence-corrected chi connectivity index (χ0v) is 8.41. The van der Waals surface area contributed by atoms with Gasteiger partial charge in [0.25, 0.3) is 0 Å². The SMILES string of the molecule is C=CC(CC)(CC)C(C(=O)[O-])C(=O)[O-]. The van der Waals surface area contributed by atoms with E-state index in [9.17, 15) is 19.8 Å². The summed E-state index contributed by atoms with van der Waals surface area (Å²) in [6.45, 7) is 6.90. The first-order valence-corrected chi connectivity index (χ1v) is 4.50. The van der Waals surface area contributed by atoms with Crippen LogP contribution in [0.1, 0.15) is 26.7 Å². The number of hydrogen-bond acceptors (Lipinski definition) is 4. The molecular formula is C10H14O4-2. The number of carbonyl (C=O) groups excluding carboxylic acids is 2. The molecule has 0 aromatic heterocycles. The first-order valence-electron chi connectivity index (χ1n) is 4.50. The van der Waals surface area contributed by atoms with E-state index in [2.05, 4.69) is 6.58 Å². The van der Waals surface area contributed by atoms with E-state index >= 15 is 0 Å². The number of carboxylic acids is 2. The van der Waals surface area contributed by atoms with Gasteiger partial charge in [0, 0.05) is 11.3 Å². The Hall–Kier alpha value is -1.32. The van der Waals surface area contributed by atoms with Crippen LogP contribution < -0.4 is 10.2 Å². The van der Waals surface area contributed by atoms with Crippen LogP contribution in [0.25, 0.3) is 0 Å². The first-order chi connectivity index (χ1) is 6.45. The van der Waals surface area contributed by atoms with Crippen molar-refractivity contribution in [2.24, 2.45) is 11.3 Å². The predicted molar refractivity (Wildman–Crippen MR) is 46.7 cm³/mol. The normalized spacial score (nSPS) is 11.4. The smallest absolute Gasteiger partial charge is 0.0510 e. The van der Waals surface area contributed by atoms with Crippen LogP contribution in [0.15, 0.2) is 12.7 Å². The van der Waals surface area contributed by atoms with Gasteiger partial charge >= 0.3 is 0 Å². The Morgan fingerprint density at radius 3 is 1.71 bits per heavy atom. The summed E-state index contributed by atoms with van der Waals surface area (Å²) < 4.78 is 0. The molecule has 0 amide bonds. The molecule has 4 heteroatoms. The van der Waals surface area contributed by atoms with E-state index in [4.69, 9.17) is 0 Å². The van der Waals surface area contributed by atoms with Gasteiger partial charge in [-0.2, -0.15) is 0 Å². The van der Waals surface area contributed by atoms with E-state index in [1.54, 1.807) is 13.8 Å². The fourth-order valence-corrected chi connectivity index (χ4v) is 1.63. The predicted octanol–water partition coefficient (Wildman–Crippen LogP) is -0.905. The lowest BCUT2D eigenvalue weighted by Crippen LogP contribution is -2.51. The number of hydrogen-bond donors (Lipinski definition) is 0. The molecule has 0 unspecified atom stereocenters. The first kappa shape index (κ1) is 12.7. The van der Waals surface area contributed by atoms with Crippen LogP contribution in [0, 0.1) is 11.3 Å². The van der Waals surface area contributed by atoms with E-state index in [0.717, 1.165) is 0 Å². The quantitative estimate of drug-likeness (QED) is 0.409. The highest BCUT2D eigenvalue weighted by Gasteiger charge is 2.34. The third kappa shape index (κ3) is 2.13. The van der Waals surface area contributed by atoms with Gasteiger partial charge in [-0.3, -0.25) is 0 Å². The highest BCUT2D eigenvalue weighted by atomic mass is 16.4. The molecular weight excluding hydrogens is 184 g/mol. The van der Waals surface area contributed by atoms with Gasteiger partial charge in [-0.25, -0.2) is 0 Å². The second-order valence-electron chi connectivity index (χ2n) is 3.22. The average Bonchev–Trinajstić information content (AvgIpc) is 2.12. The second kappa shape index (κ2) is 4.79. The molecule has 0 aliphatic rings. The van der Waals surface area contributed by atoms with Gasteiger partial charge in [-0.15, -0.1) is 6.58 Å². The van der Waals surface area contributed by atoms with Crippen LogP contribution in [0.3, 0.4) is 0 Å². The van der Waals surface area contributed by atoms with Gasteiger partial charge in [0.05, 0.1) is 11.9 Å². The zero-order chi connectivity index (χ0) is 11.4. The molecule has 0 aromatic carbocycles. The van der Waals surface area contributed by atoms with Crippen molar-refractivity contribution in [1.82, 2.24) is 0 Å². The maximum Gasteiger partial charge on any atom is 0.0510 e. The van der Waals surface area contributed by atoms with E-state index in [0.29, 0.717) is 12.8 Å². The minimum atomic E-state index is -1.63. The molecule has 0 N–H and O–H groups in total. The molecule has 0 aliphatic carbocycles. The minimum absolute atomic E-state index is 0.375. The Morgan fingerprint density at radius 2 is 1.64 bits per heavy atom. The Morgan fingerprint density at radius 1 is 1.29 bits per heavy atom. The highest BCUT2D eigenvalue weighted by molar-refractivity contribution is 5.92. The number of aliphatic carboxylic acids is 2. The summed E-state index contributed by atoms with van der Waals surface area (Å²) >= 11 is 0. The van der Waals surface area contributed by atoms with Crippen LogP contribution in [0.2, 0.25) is 0 Å². The molecule has 0 radical (unpaired) electrons. The molecule has 0 heterocycles. The van der Waals surface area contributed by atoms with Crippen LogP contribution >= 0.6 is 0 Å². The summed E-state index contributed by atoms with van der Waals surface area (Å²) in [5, 5.41) is 21.4. The summed E-state index contributed by atoms with van der Waals surface area (Å²) in [6.07, 6.45) is 2.11. The average molecular weight is 198 g/mol. The van der Waals surface area contributed by atoms with Crippen molar-refractivity contribution in [1.29, 1.82) is 0 Å². The lowest BCUT2D eigenvalue weighted by molar-refractivity contribution is -0.336. The minimum Gasteiger partial charge on any atom is -0.549 e. The molecule has 4 nitrogen and oxygen atoms in total. The van der Waals surface area contributed by atoms with Crippen molar-refractivity contribution in [2.45, 2.75) is 26.7 Å². The van der Waals surface area contributed by atoms with Gasteiger partial charge < -0.3 is 19.8 Å². The van der Waals surface area contributed by atoms with Crippen molar-refractivity contribution < 1.29 is 19.8 Å². The van der Waals surface area contributed by atoms with Crippen molar-refractivity contribution in [3.63, 3.8) is 0 Å². The Labute approximate surface area is 83.2 Å². The number of carbonyl (C=O) groups is 2. The lowest BCUT2D eigenvalue weighted by Gasteiger charge is -2.38. The molecule has 0 rings (SSSR count). The van der Waals surface area contributed by atoms with E-state index in [1.165, 1.54) is 6.08 Å².